The summed E-state index contributed by atoms with van der Waals surface area (Å²) in [5, 5.41) is 19.2. The predicted octanol–water partition coefficient (Wildman–Crippen LogP) is 5.78. The van der Waals surface area contributed by atoms with E-state index in [0.717, 1.165) is 0 Å². The van der Waals surface area contributed by atoms with Gasteiger partial charge in [-0.3, -0.25) is 4.79 Å². The molecule has 10 heteroatoms. The summed E-state index contributed by atoms with van der Waals surface area (Å²) in [7, 11) is 0. The van der Waals surface area contributed by atoms with Crippen LogP contribution in [-0.2, 0) is 17.0 Å². The summed E-state index contributed by atoms with van der Waals surface area (Å²) in [5.41, 5.74) is 3.01. The van der Waals surface area contributed by atoms with Gasteiger partial charge in [0.05, 0.1) is 29.7 Å². The van der Waals surface area contributed by atoms with Crippen molar-refractivity contribution >= 4 is 34.5 Å². The van der Waals surface area contributed by atoms with E-state index in [4.69, 9.17) is 10.1 Å². The minimum Gasteiger partial charge on any atom is -0.481 e. The summed E-state index contributed by atoms with van der Waals surface area (Å²) in [4.78, 5) is 17.4. The summed E-state index contributed by atoms with van der Waals surface area (Å²) in [5.74, 6) is -4.15. The molecule has 3 heterocycles. The Morgan fingerprint density at radius 3 is 2.77 bits per heavy atom. The maximum absolute atomic E-state index is 14.2. The van der Waals surface area contributed by atoms with Crippen LogP contribution in [0.2, 0.25) is 0 Å². The molecule has 2 aromatic heterocycles. The van der Waals surface area contributed by atoms with Gasteiger partial charge in [0, 0.05) is 31.0 Å². The number of anilines is 1. The molecule has 0 atom stereocenters. The van der Waals surface area contributed by atoms with E-state index in [-0.39, 0.29) is 24.6 Å². The number of nitrogens with zero attached hydrogens (tertiary/aromatic N) is 4. The summed E-state index contributed by atoms with van der Waals surface area (Å²) < 4.78 is 44.2. The molecule has 1 aliphatic heterocycles. The van der Waals surface area contributed by atoms with Gasteiger partial charge in [0.25, 0.3) is 5.92 Å². The minimum absolute atomic E-state index is 0.0373. The molecule has 0 unspecified atom stereocenters. The Balaban J connectivity index is 1.71. The standard InChI is InChI=1S/C25H25F3N4O2S/c1-15(2)32-12-21(31-7-3-6-25(27,28)14-31)23-20(32)9-18(11-29)24(30-23)35-13-16-4-5-19(26)17(8-16)10-22(33)34/h4-5,8-9,12,15H,3,6-7,10,13-14H2,1-2H3,(H,33,34). The van der Waals surface area contributed by atoms with Crippen LogP contribution in [0.1, 0.15) is 49.4 Å². The van der Waals surface area contributed by atoms with Gasteiger partial charge in [-0.05, 0) is 43.5 Å². The maximum atomic E-state index is 14.2. The third-order valence-corrected chi connectivity index (χ3v) is 7.05. The number of nitriles is 1. The first-order chi connectivity index (χ1) is 16.6. The van der Waals surface area contributed by atoms with Crippen molar-refractivity contribution in [2.45, 2.75) is 55.9 Å². The van der Waals surface area contributed by atoms with Gasteiger partial charge in [0.15, 0.2) is 0 Å². The van der Waals surface area contributed by atoms with Crippen LogP contribution in [0, 0.1) is 17.1 Å². The number of fused-ring (bicyclic) bond motifs is 1. The highest BCUT2D eigenvalue weighted by Gasteiger charge is 2.36. The van der Waals surface area contributed by atoms with Crippen molar-refractivity contribution in [1.82, 2.24) is 9.55 Å². The van der Waals surface area contributed by atoms with E-state index in [9.17, 15) is 23.2 Å². The smallest absolute Gasteiger partial charge is 0.307 e. The van der Waals surface area contributed by atoms with Gasteiger partial charge in [-0.25, -0.2) is 18.2 Å². The molecule has 1 aromatic carbocycles. The van der Waals surface area contributed by atoms with Gasteiger partial charge >= 0.3 is 5.97 Å². The van der Waals surface area contributed by atoms with E-state index in [1.54, 1.807) is 17.0 Å². The van der Waals surface area contributed by atoms with E-state index in [1.807, 2.05) is 24.6 Å². The molecule has 1 saturated heterocycles. The second-order valence-electron chi connectivity index (χ2n) is 9.00. The number of halogens is 3. The zero-order valence-electron chi connectivity index (χ0n) is 19.4. The Morgan fingerprint density at radius 2 is 2.11 bits per heavy atom. The third kappa shape index (κ3) is 5.40. The van der Waals surface area contributed by atoms with Gasteiger partial charge < -0.3 is 14.6 Å². The average Bonchev–Trinajstić information content (AvgIpc) is 3.16. The summed E-state index contributed by atoms with van der Waals surface area (Å²) in [6, 6.07) is 8.23. The Labute approximate surface area is 205 Å². The Bertz CT molecular complexity index is 1320. The molecule has 0 bridgehead atoms. The van der Waals surface area contributed by atoms with Gasteiger partial charge in [-0.15, -0.1) is 11.8 Å². The first-order valence-electron chi connectivity index (χ1n) is 11.3. The first-order valence-corrected chi connectivity index (χ1v) is 12.3. The Morgan fingerprint density at radius 1 is 1.34 bits per heavy atom. The van der Waals surface area contributed by atoms with Crippen LogP contribution in [0.5, 0.6) is 0 Å². The predicted molar refractivity (Wildman–Crippen MR) is 129 cm³/mol. The summed E-state index contributed by atoms with van der Waals surface area (Å²) in [6.45, 7) is 4.08. The molecule has 1 N–H and O–H groups in total. The van der Waals surface area contributed by atoms with E-state index in [0.29, 0.717) is 51.6 Å². The monoisotopic (exact) mass is 502 g/mol. The minimum atomic E-state index is -2.77. The molecule has 6 nitrogen and oxygen atoms in total. The molecule has 0 saturated carbocycles. The molecule has 0 aliphatic carbocycles. The number of aromatic nitrogens is 2. The quantitative estimate of drug-likeness (QED) is 0.412. The van der Waals surface area contributed by atoms with E-state index in [2.05, 4.69) is 6.07 Å². The summed E-state index contributed by atoms with van der Waals surface area (Å²) in [6.07, 6.45) is 1.64. The highest BCUT2D eigenvalue weighted by Crippen LogP contribution is 2.38. The molecule has 1 fully saturated rings. The van der Waals surface area contributed by atoms with Crippen molar-refractivity contribution < 1.29 is 23.1 Å². The van der Waals surface area contributed by atoms with Crippen LogP contribution < -0.4 is 4.90 Å². The van der Waals surface area contributed by atoms with Crippen molar-refractivity contribution in [1.29, 1.82) is 5.26 Å². The normalized spacial score (nSPS) is 15.5. The van der Waals surface area contributed by atoms with Crippen molar-refractivity contribution in [2.24, 2.45) is 0 Å². The fourth-order valence-corrected chi connectivity index (χ4v) is 5.22. The molecule has 4 rings (SSSR count). The zero-order valence-corrected chi connectivity index (χ0v) is 20.2. The van der Waals surface area contributed by atoms with Crippen molar-refractivity contribution in [3.8, 4) is 6.07 Å². The SMILES string of the molecule is CC(C)n1cc(N2CCCC(F)(F)C2)c2nc(SCc3ccc(F)c(CC(=O)O)c3)c(C#N)cc21. The number of carbonyl (C=O) groups is 1. The molecule has 184 valence electrons. The highest BCUT2D eigenvalue weighted by atomic mass is 32.2. The number of benzene rings is 1. The van der Waals surface area contributed by atoms with Crippen LogP contribution in [-0.4, -0.2) is 39.6 Å². The number of rotatable bonds is 7. The highest BCUT2D eigenvalue weighted by molar-refractivity contribution is 7.98. The van der Waals surface area contributed by atoms with E-state index < -0.39 is 24.1 Å². The lowest BCUT2D eigenvalue weighted by Gasteiger charge is -2.33. The van der Waals surface area contributed by atoms with Crippen LogP contribution in [0.25, 0.3) is 11.0 Å². The first kappa shape index (κ1) is 24.9. The molecule has 0 radical (unpaired) electrons. The number of aliphatic carboxylic acids is 1. The fourth-order valence-electron chi connectivity index (χ4n) is 4.32. The second kappa shape index (κ2) is 9.82. The van der Waals surface area contributed by atoms with Crippen molar-refractivity contribution in [3.05, 3.63) is 53.0 Å². The largest absolute Gasteiger partial charge is 0.481 e. The number of hydrogen-bond acceptors (Lipinski definition) is 5. The van der Waals surface area contributed by atoms with E-state index in [1.165, 1.54) is 23.9 Å². The average molecular weight is 503 g/mol. The topological polar surface area (TPSA) is 82.2 Å². The maximum Gasteiger partial charge on any atom is 0.307 e. The lowest BCUT2D eigenvalue weighted by Crippen LogP contribution is -2.42. The number of pyridine rings is 1. The van der Waals surface area contributed by atoms with Crippen LogP contribution in [0.4, 0.5) is 18.9 Å². The number of thioether (sulfide) groups is 1. The Kier molecular flexibility index (Phi) is 6.99. The molecular weight excluding hydrogens is 477 g/mol. The lowest BCUT2D eigenvalue weighted by atomic mass is 10.1. The van der Waals surface area contributed by atoms with E-state index >= 15 is 0 Å². The van der Waals surface area contributed by atoms with Crippen LogP contribution in [0.15, 0.2) is 35.5 Å². The third-order valence-electron chi connectivity index (χ3n) is 5.99. The molecule has 35 heavy (non-hydrogen) atoms. The number of carboxylic acids is 1. The van der Waals surface area contributed by atoms with Gasteiger partial charge in [0.1, 0.15) is 22.4 Å². The number of alkyl halides is 2. The van der Waals surface area contributed by atoms with Gasteiger partial charge in [-0.2, -0.15) is 5.26 Å². The molecule has 0 amide bonds. The number of carboxylic acid groups (broad SMARTS) is 1. The van der Waals surface area contributed by atoms with Gasteiger partial charge in [0.2, 0.25) is 0 Å². The van der Waals surface area contributed by atoms with Crippen LogP contribution >= 0.6 is 11.8 Å². The lowest BCUT2D eigenvalue weighted by molar-refractivity contribution is -0.136. The second-order valence-corrected chi connectivity index (χ2v) is 9.97. The fraction of sp³-hybridized carbons (Fsp3) is 0.400. The molecule has 0 spiro atoms. The van der Waals surface area contributed by atoms with Crippen molar-refractivity contribution in [3.63, 3.8) is 0 Å². The number of hydrogen-bond donors (Lipinski definition) is 1. The Hall–Kier alpha value is -3.19. The summed E-state index contributed by atoms with van der Waals surface area (Å²) >= 11 is 1.27. The van der Waals surface area contributed by atoms with Gasteiger partial charge in [-0.1, -0.05) is 12.1 Å². The molecule has 1 aliphatic rings. The van der Waals surface area contributed by atoms with Crippen LogP contribution in [0.3, 0.4) is 0 Å². The number of piperidine rings is 1. The molecule has 3 aromatic rings. The van der Waals surface area contributed by atoms with Crippen molar-refractivity contribution in [2.75, 3.05) is 18.0 Å². The molecular formula is C25H25F3N4O2S. The zero-order chi connectivity index (χ0) is 25.3.